The van der Waals surface area contributed by atoms with E-state index < -0.39 is 5.97 Å². The molecule has 3 nitrogen and oxygen atoms in total. The van der Waals surface area contributed by atoms with Crippen LogP contribution in [-0.2, 0) is 4.79 Å². The van der Waals surface area contributed by atoms with Crippen molar-refractivity contribution in [3.8, 4) is 0 Å². The number of hydrogen-bond acceptors (Lipinski definition) is 3. The molecular weight excluding hydrogens is 186 g/mol. The molecule has 0 aromatic rings. The first-order chi connectivity index (χ1) is 6.22. The standard InChI is InChI=1S/C9H17NO2S/c1-13-8-3-2-5-10(7-8)6-4-9(11)12/h8H,2-7H2,1H3,(H,11,12). The maximum Gasteiger partial charge on any atom is 0.304 e. The number of carboxylic acids is 1. The lowest BCUT2D eigenvalue weighted by Crippen LogP contribution is -2.38. The number of aliphatic carboxylic acids is 1. The van der Waals surface area contributed by atoms with Gasteiger partial charge in [0.05, 0.1) is 6.42 Å². The highest BCUT2D eigenvalue weighted by atomic mass is 32.2. The number of carbonyl (C=O) groups is 1. The van der Waals surface area contributed by atoms with E-state index in [1.54, 1.807) is 0 Å². The van der Waals surface area contributed by atoms with Crippen molar-refractivity contribution in [1.82, 2.24) is 4.90 Å². The monoisotopic (exact) mass is 203 g/mol. The maximum atomic E-state index is 10.4. The van der Waals surface area contributed by atoms with Crippen LogP contribution in [0.25, 0.3) is 0 Å². The quantitative estimate of drug-likeness (QED) is 0.747. The van der Waals surface area contributed by atoms with Crippen molar-refractivity contribution in [2.24, 2.45) is 0 Å². The predicted molar refractivity (Wildman–Crippen MR) is 55.2 cm³/mol. The van der Waals surface area contributed by atoms with Crippen molar-refractivity contribution in [3.05, 3.63) is 0 Å². The van der Waals surface area contributed by atoms with Crippen LogP contribution < -0.4 is 0 Å². The predicted octanol–water partition coefficient (Wildman–Crippen LogP) is 1.29. The van der Waals surface area contributed by atoms with Crippen molar-refractivity contribution in [2.75, 3.05) is 25.9 Å². The number of piperidine rings is 1. The molecule has 76 valence electrons. The van der Waals surface area contributed by atoms with Gasteiger partial charge in [-0.2, -0.15) is 11.8 Å². The van der Waals surface area contributed by atoms with Crippen molar-refractivity contribution in [3.63, 3.8) is 0 Å². The summed E-state index contributed by atoms with van der Waals surface area (Å²) in [5.74, 6) is -0.689. The molecule has 0 aromatic heterocycles. The van der Waals surface area contributed by atoms with E-state index in [9.17, 15) is 4.79 Å². The lowest BCUT2D eigenvalue weighted by molar-refractivity contribution is -0.137. The lowest BCUT2D eigenvalue weighted by atomic mass is 10.1. The van der Waals surface area contributed by atoms with Crippen molar-refractivity contribution in [1.29, 1.82) is 0 Å². The fraction of sp³-hybridized carbons (Fsp3) is 0.889. The van der Waals surface area contributed by atoms with Gasteiger partial charge in [-0.05, 0) is 25.6 Å². The second kappa shape index (κ2) is 5.50. The molecule has 1 atom stereocenters. The number of carboxylic acid groups (broad SMARTS) is 1. The largest absolute Gasteiger partial charge is 0.481 e. The van der Waals surface area contributed by atoms with Gasteiger partial charge in [-0.25, -0.2) is 0 Å². The number of nitrogens with zero attached hydrogens (tertiary/aromatic N) is 1. The van der Waals surface area contributed by atoms with Crippen LogP contribution in [0.4, 0.5) is 0 Å². The van der Waals surface area contributed by atoms with E-state index in [2.05, 4.69) is 11.2 Å². The van der Waals surface area contributed by atoms with Crippen LogP contribution in [0.1, 0.15) is 19.3 Å². The first-order valence-corrected chi connectivity index (χ1v) is 5.98. The summed E-state index contributed by atoms with van der Waals surface area (Å²) in [7, 11) is 0. The van der Waals surface area contributed by atoms with E-state index in [1.165, 1.54) is 12.8 Å². The number of hydrogen-bond donors (Lipinski definition) is 1. The number of thioether (sulfide) groups is 1. The van der Waals surface area contributed by atoms with Gasteiger partial charge in [0.25, 0.3) is 0 Å². The van der Waals surface area contributed by atoms with Crippen LogP contribution >= 0.6 is 11.8 Å². The Morgan fingerprint density at radius 1 is 1.69 bits per heavy atom. The van der Waals surface area contributed by atoms with E-state index in [-0.39, 0.29) is 6.42 Å². The van der Waals surface area contributed by atoms with Crippen molar-refractivity contribution < 1.29 is 9.90 Å². The molecule has 0 saturated carbocycles. The average Bonchev–Trinajstić information content (AvgIpc) is 2.15. The van der Waals surface area contributed by atoms with Crippen LogP contribution in [0.15, 0.2) is 0 Å². The van der Waals surface area contributed by atoms with Gasteiger partial charge in [0.1, 0.15) is 0 Å². The summed E-state index contributed by atoms with van der Waals surface area (Å²) in [5.41, 5.74) is 0. The summed E-state index contributed by atoms with van der Waals surface area (Å²) in [5, 5.41) is 9.25. The molecule has 1 N–H and O–H groups in total. The molecule has 0 aliphatic carbocycles. The van der Waals surface area contributed by atoms with Gasteiger partial charge in [-0.3, -0.25) is 4.79 Å². The van der Waals surface area contributed by atoms with Crippen LogP contribution in [0.5, 0.6) is 0 Å². The Hall–Kier alpha value is -0.220. The van der Waals surface area contributed by atoms with Crippen LogP contribution in [0.3, 0.4) is 0 Å². The summed E-state index contributed by atoms with van der Waals surface area (Å²) in [6.45, 7) is 2.85. The highest BCUT2D eigenvalue weighted by molar-refractivity contribution is 7.99. The zero-order valence-electron chi connectivity index (χ0n) is 8.03. The average molecular weight is 203 g/mol. The fourth-order valence-corrected chi connectivity index (χ4v) is 2.42. The molecule has 4 heteroatoms. The zero-order chi connectivity index (χ0) is 9.68. The van der Waals surface area contributed by atoms with Crippen LogP contribution in [-0.4, -0.2) is 47.1 Å². The van der Waals surface area contributed by atoms with Gasteiger partial charge in [0.2, 0.25) is 0 Å². The Bertz CT molecular complexity index is 175. The third kappa shape index (κ3) is 4.00. The first-order valence-electron chi connectivity index (χ1n) is 4.69. The highest BCUT2D eigenvalue weighted by Crippen LogP contribution is 2.19. The fourth-order valence-electron chi connectivity index (χ4n) is 1.66. The van der Waals surface area contributed by atoms with E-state index in [0.717, 1.165) is 13.1 Å². The normalized spacial score (nSPS) is 24.5. The minimum Gasteiger partial charge on any atom is -0.481 e. The summed E-state index contributed by atoms with van der Waals surface area (Å²) in [6, 6.07) is 0. The molecule has 1 fully saturated rings. The number of rotatable bonds is 4. The maximum absolute atomic E-state index is 10.4. The lowest BCUT2D eigenvalue weighted by Gasteiger charge is -2.31. The molecule has 0 radical (unpaired) electrons. The molecule has 1 aliphatic heterocycles. The molecule has 0 amide bonds. The SMILES string of the molecule is CSC1CCCN(CCC(=O)O)C1. The molecule has 1 saturated heterocycles. The molecule has 0 bridgehead atoms. The van der Waals surface area contributed by atoms with E-state index in [1.807, 2.05) is 11.8 Å². The first kappa shape index (κ1) is 10.9. The second-order valence-electron chi connectivity index (χ2n) is 3.44. The number of likely N-dealkylation sites (tertiary alicyclic amines) is 1. The van der Waals surface area contributed by atoms with Crippen molar-refractivity contribution in [2.45, 2.75) is 24.5 Å². The Morgan fingerprint density at radius 2 is 2.46 bits per heavy atom. The highest BCUT2D eigenvalue weighted by Gasteiger charge is 2.18. The van der Waals surface area contributed by atoms with E-state index >= 15 is 0 Å². The van der Waals surface area contributed by atoms with Gasteiger partial charge in [0.15, 0.2) is 0 Å². The smallest absolute Gasteiger partial charge is 0.304 e. The van der Waals surface area contributed by atoms with Crippen molar-refractivity contribution >= 4 is 17.7 Å². The molecule has 1 aliphatic rings. The third-order valence-corrected chi connectivity index (χ3v) is 3.49. The zero-order valence-corrected chi connectivity index (χ0v) is 8.85. The minimum atomic E-state index is -0.689. The molecular formula is C9H17NO2S. The Kier molecular flexibility index (Phi) is 4.59. The molecule has 1 rings (SSSR count). The summed E-state index contributed by atoms with van der Waals surface area (Å²) >= 11 is 1.89. The van der Waals surface area contributed by atoms with Gasteiger partial charge in [-0.1, -0.05) is 0 Å². The van der Waals surface area contributed by atoms with Crippen LogP contribution in [0, 0.1) is 0 Å². The minimum absolute atomic E-state index is 0.279. The van der Waals surface area contributed by atoms with Gasteiger partial charge in [0, 0.05) is 18.3 Å². The summed E-state index contributed by atoms with van der Waals surface area (Å²) < 4.78 is 0. The summed E-state index contributed by atoms with van der Waals surface area (Å²) in [6.07, 6.45) is 4.91. The van der Waals surface area contributed by atoms with Crippen LogP contribution in [0.2, 0.25) is 0 Å². The topological polar surface area (TPSA) is 40.5 Å². The van der Waals surface area contributed by atoms with Gasteiger partial charge < -0.3 is 10.0 Å². The Morgan fingerprint density at radius 3 is 3.08 bits per heavy atom. The summed E-state index contributed by atoms with van der Waals surface area (Å²) in [4.78, 5) is 12.6. The molecule has 1 unspecified atom stereocenters. The molecule has 0 aromatic carbocycles. The Balaban J connectivity index is 2.21. The molecule has 0 spiro atoms. The van der Waals surface area contributed by atoms with Gasteiger partial charge >= 0.3 is 5.97 Å². The molecule has 1 heterocycles. The Labute approximate surface area is 83.5 Å². The third-order valence-electron chi connectivity index (χ3n) is 2.44. The van der Waals surface area contributed by atoms with E-state index in [0.29, 0.717) is 11.8 Å². The van der Waals surface area contributed by atoms with E-state index in [4.69, 9.17) is 5.11 Å². The van der Waals surface area contributed by atoms with Gasteiger partial charge in [-0.15, -0.1) is 0 Å². The molecule has 13 heavy (non-hydrogen) atoms. The second-order valence-corrected chi connectivity index (χ2v) is 4.58.